The van der Waals surface area contributed by atoms with Crippen molar-refractivity contribution in [2.24, 2.45) is 0 Å². The van der Waals surface area contributed by atoms with Crippen molar-refractivity contribution in [2.45, 2.75) is 37.8 Å². The van der Waals surface area contributed by atoms with Gasteiger partial charge in [-0.05, 0) is 37.8 Å². The van der Waals surface area contributed by atoms with E-state index in [1.54, 1.807) is 0 Å². The summed E-state index contributed by atoms with van der Waals surface area (Å²) in [6.07, 6.45) is 5.15. The summed E-state index contributed by atoms with van der Waals surface area (Å²) in [5.74, 6) is 0. The molecule has 1 N–H and O–H groups in total. The molecule has 2 aliphatic rings. The molecule has 1 aliphatic heterocycles. The second-order valence-electron chi connectivity index (χ2n) is 6.04. The van der Waals surface area contributed by atoms with Gasteiger partial charge in [0.05, 0.1) is 13.2 Å². The average Bonchev–Trinajstić information content (AvgIpc) is 3.32. The monoisotopic (exact) mass is 274 g/mol. The number of hydrogen-bond donors (Lipinski definition) is 1. The van der Waals surface area contributed by atoms with Crippen LogP contribution in [0.3, 0.4) is 0 Å². The highest BCUT2D eigenvalue weighted by atomic mass is 16.5. The van der Waals surface area contributed by atoms with Crippen LogP contribution in [0.5, 0.6) is 0 Å². The maximum atomic E-state index is 5.65. The first-order valence-electron chi connectivity index (χ1n) is 8.01. The Balaban J connectivity index is 1.41. The fourth-order valence-electron chi connectivity index (χ4n) is 2.89. The second kappa shape index (κ2) is 7.21. The first kappa shape index (κ1) is 14.1. The summed E-state index contributed by atoms with van der Waals surface area (Å²) < 4.78 is 5.65. The van der Waals surface area contributed by atoms with Gasteiger partial charge in [0.1, 0.15) is 0 Å². The van der Waals surface area contributed by atoms with Gasteiger partial charge in [0.25, 0.3) is 0 Å². The highest BCUT2D eigenvalue weighted by molar-refractivity contribution is 5.14. The van der Waals surface area contributed by atoms with Gasteiger partial charge in [-0.25, -0.2) is 0 Å². The Labute approximate surface area is 122 Å². The first-order chi connectivity index (χ1) is 9.92. The topological polar surface area (TPSA) is 24.5 Å². The average molecular weight is 274 g/mol. The molecule has 0 radical (unpaired) electrons. The minimum atomic E-state index is 0.570. The highest BCUT2D eigenvalue weighted by Gasteiger charge is 2.26. The number of hydrogen-bond acceptors (Lipinski definition) is 3. The fraction of sp³-hybridized carbons (Fsp3) is 0.647. The Morgan fingerprint density at radius 2 is 2.05 bits per heavy atom. The standard InChI is InChI=1S/C17H26N2O/c1-2-5-15(6-3-1)7-4-10-19-11-12-20-14-17(19)13-18-16-8-9-16/h1-3,5-6,16-18H,4,7-14H2. The number of nitrogens with one attached hydrogen (secondary N) is 1. The molecule has 110 valence electrons. The molecule has 1 aromatic carbocycles. The second-order valence-corrected chi connectivity index (χ2v) is 6.04. The summed E-state index contributed by atoms with van der Waals surface area (Å²) in [6, 6.07) is 12.2. The van der Waals surface area contributed by atoms with Crippen molar-refractivity contribution in [3.05, 3.63) is 35.9 Å². The van der Waals surface area contributed by atoms with E-state index in [0.29, 0.717) is 6.04 Å². The molecule has 1 saturated heterocycles. The Kier molecular flexibility index (Phi) is 5.06. The number of morpholine rings is 1. The Morgan fingerprint density at radius 3 is 2.85 bits per heavy atom. The molecule has 3 rings (SSSR count). The van der Waals surface area contributed by atoms with Crippen molar-refractivity contribution in [3.8, 4) is 0 Å². The third kappa shape index (κ3) is 4.30. The molecule has 0 aromatic heterocycles. The van der Waals surface area contributed by atoms with Gasteiger partial charge in [-0.3, -0.25) is 4.90 Å². The van der Waals surface area contributed by atoms with Crippen LogP contribution in [0.2, 0.25) is 0 Å². The lowest BCUT2D eigenvalue weighted by atomic mass is 10.1. The van der Waals surface area contributed by atoms with E-state index in [1.165, 1.54) is 37.8 Å². The molecule has 1 saturated carbocycles. The quantitative estimate of drug-likeness (QED) is 0.824. The van der Waals surface area contributed by atoms with Gasteiger partial charge in [-0.15, -0.1) is 0 Å². The first-order valence-corrected chi connectivity index (χ1v) is 8.01. The lowest BCUT2D eigenvalue weighted by molar-refractivity contribution is -0.00722. The largest absolute Gasteiger partial charge is 0.378 e. The minimum Gasteiger partial charge on any atom is -0.378 e. The molecular formula is C17H26N2O. The summed E-state index contributed by atoms with van der Waals surface area (Å²) in [4.78, 5) is 2.61. The highest BCUT2D eigenvalue weighted by Crippen LogP contribution is 2.19. The van der Waals surface area contributed by atoms with Gasteiger partial charge in [-0.2, -0.15) is 0 Å². The van der Waals surface area contributed by atoms with Gasteiger partial charge >= 0.3 is 0 Å². The van der Waals surface area contributed by atoms with Gasteiger partial charge in [0.2, 0.25) is 0 Å². The number of benzene rings is 1. The maximum Gasteiger partial charge on any atom is 0.0634 e. The van der Waals surface area contributed by atoms with Crippen molar-refractivity contribution in [2.75, 3.05) is 32.8 Å². The van der Waals surface area contributed by atoms with Crippen molar-refractivity contribution in [1.82, 2.24) is 10.2 Å². The third-order valence-electron chi connectivity index (χ3n) is 4.32. The van der Waals surface area contributed by atoms with Crippen LogP contribution in [0.1, 0.15) is 24.8 Å². The van der Waals surface area contributed by atoms with Crippen molar-refractivity contribution < 1.29 is 4.74 Å². The van der Waals surface area contributed by atoms with Gasteiger partial charge in [-0.1, -0.05) is 30.3 Å². The van der Waals surface area contributed by atoms with Crippen molar-refractivity contribution >= 4 is 0 Å². The SMILES string of the molecule is c1ccc(CCCN2CCOCC2CNC2CC2)cc1. The van der Waals surface area contributed by atoms with Crippen molar-refractivity contribution in [3.63, 3.8) is 0 Å². The van der Waals surface area contributed by atoms with Crippen LogP contribution in [0, 0.1) is 0 Å². The third-order valence-corrected chi connectivity index (χ3v) is 4.32. The lowest BCUT2D eigenvalue weighted by Gasteiger charge is -2.35. The van der Waals surface area contributed by atoms with Crippen LogP contribution < -0.4 is 5.32 Å². The van der Waals surface area contributed by atoms with Crippen LogP contribution in [-0.2, 0) is 11.2 Å². The summed E-state index contributed by atoms with van der Waals surface area (Å²) in [5, 5.41) is 3.64. The van der Waals surface area contributed by atoms with Crippen LogP contribution in [0.15, 0.2) is 30.3 Å². The van der Waals surface area contributed by atoms with Crippen LogP contribution in [0.4, 0.5) is 0 Å². The van der Waals surface area contributed by atoms with E-state index in [0.717, 1.165) is 32.3 Å². The lowest BCUT2D eigenvalue weighted by Crippen LogP contribution is -2.51. The minimum absolute atomic E-state index is 0.570. The number of nitrogens with zero attached hydrogens (tertiary/aromatic N) is 1. The molecule has 3 nitrogen and oxygen atoms in total. The molecule has 20 heavy (non-hydrogen) atoms. The zero-order valence-electron chi connectivity index (χ0n) is 12.3. The predicted molar refractivity (Wildman–Crippen MR) is 82.0 cm³/mol. The van der Waals surface area contributed by atoms with Crippen molar-refractivity contribution in [1.29, 1.82) is 0 Å². The maximum absolute atomic E-state index is 5.65. The number of ether oxygens (including phenoxy) is 1. The molecule has 1 aliphatic carbocycles. The van der Waals surface area contributed by atoms with E-state index in [9.17, 15) is 0 Å². The predicted octanol–water partition coefficient (Wildman–Crippen LogP) is 2.07. The smallest absolute Gasteiger partial charge is 0.0634 e. The Morgan fingerprint density at radius 1 is 1.20 bits per heavy atom. The molecule has 1 atom stereocenters. The summed E-state index contributed by atoms with van der Waals surface area (Å²) in [5.41, 5.74) is 1.45. The molecule has 0 bridgehead atoms. The normalized spacial score (nSPS) is 23.9. The van der Waals surface area contributed by atoms with E-state index in [-0.39, 0.29) is 0 Å². The van der Waals surface area contributed by atoms with Gasteiger partial charge in [0.15, 0.2) is 0 Å². The number of aryl methyl sites for hydroxylation is 1. The fourth-order valence-corrected chi connectivity index (χ4v) is 2.89. The molecule has 2 fully saturated rings. The zero-order chi connectivity index (χ0) is 13.6. The molecule has 0 amide bonds. The van der Waals surface area contributed by atoms with Gasteiger partial charge in [0, 0.05) is 25.2 Å². The molecule has 1 aromatic rings. The molecule has 1 unspecified atom stereocenters. The van der Waals surface area contributed by atoms with Crippen LogP contribution >= 0.6 is 0 Å². The zero-order valence-corrected chi connectivity index (χ0v) is 12.3. The molecular weight excluding hydrogens is 248 g/mol. The molecule has 0 spiro atoms. The van der Waals surface area contributed by atoms with E-state index < -0.39 is 0 Å². The van der Waals surface area contributed by atoms with E-state index in [2.05, 4.69) is 40.5 Å². The van der Waals surface area contributed by atoms with Gasteiger partial charge < -0.3 is 10.1 Å². The van der Waals surface area contributed by atoms with E-state index in [4.69, 9.17) is 4.74 Å². The Bertz CT molecular complexity index is 391. The summed E-state index contributed by atoms with van der Waals surface area (Å²) in [7, 11) is 0. The Hall–Kier alpha value is -0.900. The van der Waals surface area contributed by atoms with E-state index >= 15 is 0 Å². The molecule has 1 heterocycles. The van der Waals surface area contributed by atoms with Crippen LogP contribution in [0.25, 0.3) is 0 Å². The summed E-state index contributed by atoms with van der Waals surface area (Å²) >= 11 is 0. The summed E-state index contributed by atoms with van der Waals surface area (Å²) in [6.45, 7) is 5.16. The van der Waals surface area contributed by atoms with E-state index in [1.807, 2.05) is 0 Å². The molecule has 3 heteroatoms. The van der Waals surface area contributed by atoms with Crippen LogP contribution in [-0.4, -0.2) is 49.8 Å². The number of rotatable bonds is 7.